The molecule has 1 amide bonds. The molecule has 0 saturated heterocycles. The Hall–Kier alpha value is -3.21. The topological polar surface area (TPSA) is 68.3 Å². The third kappa shape index (κ3) is 4.70. The molecule has 3 aromatic rings. The first-order chi connectivity index (χ1) is 13.0. The number of fused-ring (bicyclic) bond motifs is 1. The molecular formula is C22H22N2O3. The Morgan fingerprint density at radius 2 is 1.78 bits per heavy atom. The van der Waals surface area contributed by atoms with Crippen molar-refractivity contribution in [2.24, 2.45) is 0 Å². The van der Waals surface area contributed by atoms with Crippen LogP contribution in [0.25, 0.3) is 10.9 Å². The van der Waals surface area contributed by atoms with Crippen LogP contribution in [0.4, 0.5) is 0 Å². The van der Waals surface area contributed by atoms with Gasteiger partial charge in [0.1, 0.15) is 0 Å². The van der Waals surface area contributed by atoms with Crippen molar-refractivity contribution in [1.29, 1.82) is 0 Å². The number of amides is 1. The van der Waals surface area contributed by atoms with Gasteiger partial charge in [-0.15, -0.1) is 0 Å². The smallest absolute Gasteiger partial charge is 0.339 e. The molecule has 0 fully saturated rings. The molecule has 0 bridgehead atoms. The molecule has 0 aliphatic rings. The van der Waals surface area contributed by atoms with Gasteiger partial charge in [0.05, 0.1) is 11.1 Å². The normalized spacial score (nSPS) is 11.8. The summed E-state index contributed by atoms with van der Waals surface area (Å²) in [6.45, 7) is 4.03. The number of esters is 1. The minimum atomic E-state index is -0.525. The minimum Gasteiger partial charge on any atom is -0.452 e. The number of rotatable bonds is 6. The number of hydrogen-bond acceptors (Lipinski definition) is 4. The van der Waals surface area contributed by atoms with Gasteiger partial charge in [-0.3, -0.25) is 9.78 Å². The Kier molecular flexibility index (Phi) is 5.81. The molecule has 3 rings (SSSR count). The Bertz CT molecular complexity index is 954. The van der Waals surface area contributed by atoms with Gasteiger partial charge in [-0.25, -0.2) is 4.79 Å². The van der Waals surface area contributed by atoms with Crippen LogP contribution < -0.4 is 5.32 Å². The first kappa shape index (κ1) is 18.6. The lowest BCUT2D eigenvalue weighted by Gasteiger charge is -2.13. The number of nitrogens with one attached hydrogen (secondary N) is 1. The summed E-state index contributed by atoms with van der Waals surface area (Å²) >= 11 is 0. The number of aromatic nitrogens is 1. The molecule has 5 heteroatoms. The predicted octanol–water partition coefficient (Wildman–Crippen LogP) is 3.62. The van der Waals surface area contributed by atoms with Crippen LogP contribution in [0.1, 0.15) is 34.5 Å². The van der Waals surface area contributed by atoms with Crippen LogP contribution >= 0.6 is 0 Å². The van der Waals surface area contributed by atoms with Crippen molar-refractivity contribution < 1.29 is 14.3 Å². The fourth-order valence-electron chi connectivity index (χ4n) is 2.90. The zero-order chi connectivity index (χ0) is 19.2. The maximum atomic E-state index is 12.4. The summed E-state index contributed by atoms with van der Waals surface area (Å²) in [6, 6.07) is 19.0. The first-order valence-electron chi connectivity index (χ1n) is 8.90. The molecule has 1 heterocycles. The standard InChI is InChI=1S/C22H22N2O3/c1-15(17-8-4-3-5-9-17)13-23-21(25)14-27-22(26)19-12-16(2)24-20-11-7-6-10-18(19)20/h3-12,15H,13-14H2,1-2H3,(H,23,25)/t15-/m1/s1. The highest BCUT2D eigenvalue weighted by Gasteiger charge is 2.15. The molecule has 1 N–H and O–H groups in total. The molecule has 0 aliphatic heterocycles. The highest BCUT2D eigenvalue weighted by molar-refractivity contribution is 6.04. The molecular weight excluding hydrogens is 340 g/mol. The van der Waals surface area contributed by atoms with Gasteiger partial charge in [0.25, 0.3) is 5.91 Å². The molecule has 1 aromatic heterocycles. The first-order valence-corrected chi connectivity index (χ1v) is 8.90. The molecule has 1 atom stereocenters. The summed E-state index contributed by atoms with van der Waals surface area (Å²) in [4.78, 5) is 28.9. The second-order valence-corrected chi connectivity index (χ2v) is 6.52. The lowest BCUT2D eigenvalue weighted by molar-refractivity contribution is -0.124. The summed E-state index contributed by atoms with van der Waals surface area (Å²) in [5.74, 6) is -0.665. The number of nitrogens with zero attached hydrogens (tertiary/aromatic N) is 1. The van der Waals surface area contributed by atoms with E-state index in [1.165, 1.54) is 0 Å². The molecule has 0 radical (unpaired) electrons. The molecule has 5 nitrogen and oxygen atoms in total. The van der Waals surface area contributed by atoms with Crippen molar-refractivity contribution in [3.63, 3.8) is 0 Å². The van der Waals surface area contributed by atoms with E-state index in [4.69, 9.17) is 4.74 Å². The van der Waals surface area contributed by atoms with E-state index in [1.54, 1.807) is 6.07 Å². The Balaban J connectivity index is 1.57. The van der Waals surface area contributed by atoms with Crippen LogP contribution in [0.15, 0.2) is 60.7 Å². The zero-order valence-electron chi connectivity index (χ0n) is 15.4. The molecule has 27 heavy (non-hydrogen) atoms. The van der Waals surface area contributed by atoms with Crippen molar-refractivity contribution >= 4 is 22.8 Å². The number of carbonyl (C=O) groups excluding carboxylic acids is 2. The van der Waals surface area contributed by atoms with Crippen molar-refractivity contribution in [3.05, 3.63) is 77.5 Å². The van der Waals surface area contributed by atoms with Crippen LogP contribution in [-0.2, 0) is 9.53 Å². The summed E-state index contributed by atoms with van der Waals surface area (Å²) in [5.41, 5.74) is 3.02. The molecule has 138 valence electrons. The fourth-order valence-corrected chi connectivity index (χ4v) is 2.90. The maximum absolute atomic E-state index is 12.4. The van der Waals surface area contributed by atoms with E-state index in [9.17, 15) is 9.59 Å². The van der Waals surface area contributed by atoms with Gasteiger partial charge in [-0.1, -0.05) is 55.5 Å². The molecule has 0 spiro atoms. The Morgan fingerprint density at radius 1 is 1.07 bits per heavy atom. The average Bonchev–Trinajstić information content (AvgIpc) is 2.70. The van der Waals surface area contributed by atoms with Gasteiger partial charge in [0.2, 0.25) is 0 Å². The number of aryl methyl sites for hydroxylation is 1. The van der Waals surface area contributed by atoms with E-state index in [1.807, 2.05) is 68.4 Å². The Labute approximate surface area is 158 Å². The van der Waals surface area contributed by atoms with E-state index in [-0.39, 0.29) is 18.4 Å². The third-order valence-electron chi connectivity index (χ3n) is 4.37. The number of hydrogen-bond donors (Lipinski definition) is 1. The molecule has 0 aliphatic carbocycles. The van der Waals surface area contributed by atoms with Crippen molar-refractivity contribution in [2.45, 2.75) is 19.8 Å². The summed E-state index contributed by atoms with van der Waals surface area (Å²) in [7, 11) is 0. The monoisotopic (exact) mass is 362 g/mol. The van der Waals surface area contributed by atoms with Gasteiger partial charge < -0.3 is 10.1 Å². The van der Waals surface area contributed by atoms with E-state index in [0.717, 1.165) is 16.8 Å². The largest absolute Gasteiger partial charge is 0.452 e. The van der Waals surface area contributed by atoms with Gasteiger partial charge in [0, 0.05) is 17.6 Å². The van der Waals surface area contributed by atoms with Gasteiger partial charge in [0.15, 0.2) is 6.61 Å². The van der Waals surface area contributed by atoms with E-state index in [0.29, 0.717) is 17.5 Å². The van der Waals surface area contributed by atoms with Gasteiger partial charge in [-0.2, -0.15) is 0 Å². The van der Waals surface area contributed by atoms with E-state index < -0.39 is 5.97 Å². The second kappa shape index (κ2) is 8.45. The number of benzene rings is 2. The van der Waals surface area contributed by atoms with Crippen LogP contribution in [0, 0.1) is 6.92 Å². The summed E-state index contributed by atoms with van der Waals surface area (Å²) < 4.78 is 5.21. The number of ether oxygens (including phenoxy) is 1. The van der Waals surface area contributed by atoms with Crippen LogP contribution in [-0.4, -0.2) is 30.0 Å². The van der Waals surface area contributed by atoms with Crippen LogP contribution in [0.2, 0.25) is 0 Å². The van der Waals surface area contributed by atoms with Gasteiger partial charge >= 0.3 is 5.97 Å². The predicted molar refractivity (Wildman–Crippen MR) is 105 cm³/mol. The maximum Gasteiger partial charge on any atom is 0.339 e. The molecule has 0 saturated carbocycles. The zero-order valence-corrected chi connectivity index (χ0v) is 15.4. The number of para-hydroxylation sites is 1. The summed E-state index contributed by atoms with van der Waals surface area (Å²) in [5, 5.41) is 3.52. The average molecular weight is 362 g/mol. The number of carbonyl (C=O) groups is 2. The molecule has 2 aromatic carbocycles. The SMILES string of the molecule is Cc1cc(C(=O)OCC(=O)NC[C@@H](C)c2ccccc2)c2ccccc2n1. The van der Waals surface area contributed by atoms with E-state index in [2.05, 4.69) is 10.3 Å². The minimum absolute atomic E-state index is 0.178. The van der Waals surface area contributed by atoms with Crippen LogP contribution in [0.5, 0.6) is 0 Å². The van der Waals surface area contributed by atoms with E-state index >= 15 is 0 Å². The fraction of sp³-hybridized carbons (Fsp3) is 0.227. The number of pyridine rings is 1. The van der Waals surface area contributed by atoms with Crippen LogP contribution in [0.3, 0.4) is 0 Å². The lowest BCUT2D eigenvalue weighted by atomic mass is 10.0. The highest BCUT2D eigenvalue weighted by Crippen LogP contribution is 2.19. The lowest BCUT2D eigenvalue weighted by Crippen LogP contribution is -2.31. The quantitative estimate of drug-likeness (QED) is 0.680. The second-order valence-electron chi connectivity index (χ2n) is 6.52. The highest BCUT2D eigenvalue weighted by atomic mass is 16.5. The third-order valence-corrected chi connectivity index (χ3v) is 4.37. The Morgan fingerprint density at radius 3 is 2.56 bits per heavy atom. The van der Waals surface area contributed by atoms with Gasteiger partial charge in [-0.05, 0) is 30.5 Å². The van der Waals surface area contributed by atoms with Crippen molar-refractivity contribution in [2.75, 3.05) is 13.2 Å². The molecule has 0 unspecified atom stereocenters. The van der Waals surface area contributed by atoms with Crippen molar-refractivity contribution in [1.82, 2.24) is 10.3 Å². The summed E-state index contributed by atoms with van der Waals surface area (Å²) in [6.07, 6.45) is 0. The van der Waals surface area contributed by atoms with Crippen molar-refractivity contribution in [3.8, 4) is 0 Å².